The highest BCUT2D eigenvalue weighted by atomic mass is 19.2. The minimum absolute atomic E-state index is 0.411. The second-order valence-corrected chi connectivity index (χ2v) is 4.83. The van der Waals surface area contributed by atoms with E-state index < -0.39 is 0 Å². The van der Waals surface area contributed by atoms with Gasteiger partial charge in [0.15, 0.2) is 0 Å². The van der Waals surface area contributed by atoms with Crippen molar-refractivity contribution in [3.8, 4) is 0 Å². The molecule has 0 atom stereocenters. The maximum atomic E-state index is 12.7. The van der Waals surface area contributed by atoms with Crippen molar-refractivity contribution in [3.63, 3.8) is 0 Å². The molecule has 3 nitrogen and oxygen atoms in total. The molecule has 0 fully saturated rings. The van der Waals surface area contributed by atoms with Crippen LogP contribution in [0.3, 0.4) is 0 Å². The van der Waals surface area contributed by atoms with Gasteiger partial charge >= 0.3 is 0 Å². The van der Waals surface area contributed by atoms with Crippen molar-refractivity contribution >= 4 is 28.4 Å². The summed E-state index contributed by atoms with van der Waals surface area (Å²) in [7, 11) is 0. The van der Waals surface area contributed by atoms with E-state index in [9.17, 15) is 4.48 Å². The molecule has 3 N–H and O–H groups in total. The SMILES string of the molecule is FNc1ccccc1Nc1ccc(Nc2ccccc2)cc1. The highest BCUT2D eigenvalue weighted by Gasteiger charge is 2.01. The average Bonchev–Trinajstić information content (AvgIpc) is 2.58. The topological polar surface area (TPSA) is 36.1 Å². The van der Waals surface area contributed by atoms with Crippen molar-refractivity contribution in [1.82, 2.24) is 0 Å². The molecule has 0 bridgehead atoms. The van der Waals surface area contributed by atoms with E-state index in [-0.39, 0.29) is 0 Å². The Labute approximate surface area is 128 Å². The smallest absolute Gasteiger partial charge is 0.0890 e. The molecule has 0 aliphatic carbocycles. The van der Waals surface area contributed by atoms with Gasteiger partial charge in [0.05, 0.1) is 11.4 Å². The minimum atomic E-state index is 0.411. The van der Waals surface area contributed by atoms with Gasteiger partial charge in [0.2, 0.25) is 0 Å². The van der Waals surface area contributed by atoms with Crippen LogP contribution in [-0.2, 0) is 0 Å². The van der Waals surface area contributed by atoms with Crippen LogP contribution >= 0.6 is 0 Å². The number of rotatable bonds is 5. The number of para-hydroxylation sites is 3. The second kappa shape index (κ2) is 6.63. The minimum Gasteiger partial charge on any atom is -0.356 e. The normalized spacial score (nSPS) is 10.0. The summed E-state index contributed by atoms with van der Waals surface area (Å²) in [6.07, 6.45) is 0. The van der Waals surface area contributed by atoms with Gasteiger partial charge in [0.25, 0.3) is 0 Å². The van der Waals surface area contributed by atoms with E-state index in [4.69, 9.17) is 0 Å². The number of hydrogen-bond acceptors (Lipinski definition) is 3. The molecule has 0 saturated heterocycles. The summed E-state index contributed by atoms with van der Waals surface area (Å²) in [6, 6.07) is 24.9. The molecule has 3 rings (SSSR count). The van der Waals surface area contributed by atoms with Crippen LogP contribution in [0.15, 0.2) is 78.9 Å². The molecular weight excluding hydrogens is 277 g/mol. The predicted octanol–water partition coefficient (Wildman–Crippen LogP) is 5.47. The van der Waals surface area contributed by atoms with Gasteiger partial charge < -0.3 is 10.6 Å². The van der Waals surface area contributed by atoms with Crippen molar-refractivity contribution in [1.29, 1.82) is 0 Å². The number of halogens is 1. The highest BCUT2D eigenvalue weighted by molar-refractivity contribution is 5.74. The van der Waals surface area contributed by atoms with Crippen molar-refractivity contribution < 1.29 is 4.48 Å². The first kappa shape index (κ1) is 13.9. The van der Waals surface area contributed by atoms with Crippen molar-refractivity contribution in [3.05, 3.63) is 78.9 Å². The van der Waals surface area contributed by atoms with E-state index in [2.05, 4.69) is 10.6 Å². The molecule has 3 aromatic rings. The maximum absolute atomic E-state index is 12.7. The Morgan fingerprint density at radius 2 is 1.00 bits per heavy atom. The average molecular weight is 293 g/mol. The lowest BCUT2D eigenvalue weighted by molar-refractivity contribution is 0.618. The maximum Gasteiger partial charge on any atom is 0.0890 e. The van der Waals surface area contributed by atoms with Gasteiger partial charge in [-0.25, -0.2) is 5.54 Å². The van der Waals surface area contributed by atoms with Crippen molar-refractivity contribution in [2.75, 3.05) is 16.2 Å². The summed E-state index contributed by atoms with van der Waals surface area (Å²) in [5, 5.41) is 6.50. The molecule has 0 radical (unpaired) electrons. The van der Waals surface area contributed by atoms with Crippen LogP contribution in [0, 0.1) is 0 Å². The summed E-state index contributed by atoms with van der Waals surface area (Å²) in [5.41, 5.74) is 5.71. The third-order valence-electron chi connectivity index (χ3n) is 3.26. The number of benzene rings is 3. The molecule has 0 spiro atoms. The second-order valence-electron chi connectivity index (χ2n) is 4.83. The predicted molar refractivity (Wildman–Crippen MR) is 90.6 cm³/mol. The monoisotopic (exact) mass is 293 g/mol. The summed E-state index contributed by atoms with van der Waals surface area (Å²) in [4.78, 5) is 0. The van der Waals surface area contributed by atoms with Gasteiger partial charge in [-0.3, -0.25) is 0 Å². The van der Waals surface area contributed by atoms with Gasteiger partial charge in [-0.15, -0.1) is 4.48 Å². The largest absolute Gasteiger partial charge is 0.356 e. The zero-order valence-electron chi connectivity index (χ0n) is 11.9. The molecule has 4 heteroatoms. The van der Waals surface area contributed by atoms with E-state index in [1.165, 1.54) is 0 Å². The molecule has 0 aliphatic heterocycles. The third-order valence-corrected chi connectivity index (χ3v) is 3.26. The lowest BCUT2D eigenvalue weighted by atomic mass is 10.2. The standard InChI is InChI=1S/C18H16FN3/c19-22-18-9-5-4-8-17(18)21-16-12-10-15(11-13-16)20-14-6-2-1-3-7-14/h1-13,20-22H. The van der Waals surface area contributed by atoms with Gasteiger partial charge in [-0.05, 0) is 48.5 Å². The fourth-order valence-corrected chi connectivity index (χ4v) is 2.16. The highest BCUT2D eigenvalue weighted by Crippen LogP contribution is 2.26. The first-order valence-corrected chi connectivity index (χ1v) is 7.00. The van der Waals surface area contributed by atoms with E-state index in [1.54, 1.807) is 17.7 Å². The Bertz CT molecular complexity index is 727. The Morgan fingerprint density at radius 1 is 0.500 bits per heavy atom. The summed E-state index contributed by atoms with van der Waals surface area (Å²) < 4.78 is 12.7. The third kappa shape index (κ3) is 3.35. The van der Waals surface area contributed by atoms with Crippen LogP contribution in [0.4, 0.5) is 32.9 Å². The summed E-state index contributed by atoms with van der Waals surface area (Å²) in [6.45, 7) is 0. The van der Waals surface area contributed by atoms with E-state index >= 15 is 0 Å². The van der Waals surface area contributed by atoms with Gasteiger partial charge in [-0.2, -0.15) is 0 Å². The lowest BCUT2D eigenvalue weighted by Crippen LogP contribution is -1.95. The lowest BCUT2D eigenvalue weighted by Gasteiger charge is -2.11. The zero-order chi connectivity index (χ0) is 15.2. The number of hydrogen-bond donors (Lipinski definition) is 3. The van der Waals surface area contributed by atoms with Gasteiger partial charge in [-0.1, -0.05) is 30.3 Å². The van der Waals surface area contributed by atoms with Crippen LogP contribution in [0.1, 0.15) is 0 Å². The quantitative estimate of drug-likeness (QED) is 0.546. The molecular formula is C18H16FN3. The first-order chi connectivity index (χ1) is 10.8. The zero-order valence-corrected chi connectivity index (χ0v) is 11.9. The summed E-state index contributed by atoms with van der Waals surface area (Å²) >= 11 is 0. The van der Waals surface area contributed by atoms with Crippen LogP contribution in [-0.4, -0.2) is 0 Å². The molecule has 3 aromatic carbocycles. The van der Waals surface area contributed by atoms with Crippen LogP contribution in [0.2, 0.25) is 0 Å². The Hall–Kier alpha value is -3.01. The number of nitrogens with one attached hydrogen (secondary N) is 3. The summed E-state index contributed by atoms with van der Waals surface area (Å²) in [5.74, 6) is 0. The molecule has 0 aliphatic rings. The van der Waals surface area contributed by atoms with Crippen LogP contribution in [0.5, 0.6) is 0 Å². The molecule has 0 unspecified atom stereocenters. The van der Waals surface area contributed by atoms with Crippen molar-refractivity contribution in [2.45, 2.75) is 0 Å². The van der Waals surface area contributed by atoms with Gasteiger partial charge in [0.1, 0.15) is 0 Å². The van der Waals surface area contributed by atoms with Gasteiger partial charge in [0, 0.05) is 17.1 Å². The Kier molecular flexibility index (Phi) is 4.20. The molecule has 22 heavy (non-hydrogen) atoms. The molecule has 110 valence electrons. The fraction of sp³-hybridized carbons (Fsp3) is 0. The van der Waals surface area contributed by atoms with E-state index in [0.717, 1.165) is 17.1 Å². The molecule has 0 amide bonds. The molecule has 0 aromatic heterocycles. The Balaban J connectivity index is 1.72. The van der Waals surface area contributed by atoms with Crippen LogP contribution < -0.4 is 16.2 Å². The van der Waals surface area contributed by atoms with Crippen LogP contribution in [0.25, 0.3) is 0 Å². The van der Waals surface area contributed by atoms with E-state index in [1.807, 2.05) is 66.7 Å². The Morgan fingerprint density at radius 3 is 1.64 bits per heavy atom. The molecule has 0 saturated carbocycles. The first-order valence-electron chi connectivity index (χ1n) is 7.00. The molecule has 0 heterocycles. The van der Waals surface area contributed by atoms with Crippen molar-refractivity contribution in [2.24, 2.45) is 0 Å². The van der Waals surface area contributed by atoms with E-state index in [0.29, 0.717) is 11.4 Å². The fourth-order valence-electron chi connectivity index (χ4n) is 2.16. The number of anilines is 5.